The zero-order chi connectivity index (χ0) is 21.4. The summed E-state index contributed by atoms with van der Waals surface area (Å²) in [5, 5.41) is 22.2. The van der Waals surface area contributed by atoms with Crippen molar-refractivity contribution in [2.75, 3.05) is 0 Å². The van der Waals surface area contributed by atoms with E-state index in [1.165, 1.54) is 22.3 Å². The standard InChI is InChI=1S/C26H22Br2O2/c1-23-13-9-5-7-11-15(13)24(2)17-18(21(29)22(30)20(28)19(17)27)25(3,26(23,24)4)16-12-8-6-10-14(16)23/h5-12,29-30H,1-4H3/t23-,24+,25-,26+/m1/s1. The minimum Gasteiger partial charge on any atom is -0.504 e. The Labute approximate surface area is 193 Å². The number of hydrogen-bond donors (Lipinski definition) is 2. The van der Waals surface area contributed by atoms with E-state index in [-0.39, 0.29) is 27.7 Å². The highest BCUT2D eigenvalue weighted by atomic mass is 79.9. The third-order valence-corrected chi connectivity index (χ3v) is 11.4. The molecule has 0 aliphatic heterocycles. The van der Waals surface area contributed by atoms with E-state index in [2.05, 4.69) is 108 Å². The van der Waals surface area contributed by atoms with Gasteiger partial charge in [-0.2, -0.15) is 0 Å². The molecule has 2 nitrogen and oxygen atoms in total. The smallest absolute Gasteiger partial charge is 0.173 e. The molecule has 3 aromatic carbocycles. The van der Waals surface area contributed by atoms with Crippen molar-refractivity contribution in [3.63, 3.8) is 0 Å². The van der Waals surface area contributed by atoms with E-state index in [0.29, 0.717) is 4.47 Å². The fourth-order valence-electron chi connectivity index (χ4n) is 7.82. The van der Waals surface area contributed by atoms with Gasteiger partial charge in [0.25, 0.3) is 0 Å². The van der Waals surface area contributed by atoms with Gasteiger partial charge < -0.3 is 10.2 Å². The summed E-state index contributed by atoms with van der Waals surface area (Å²) < 4.78 is 1.33. The Morgan fingerprint density at radius 3 is 1.43 bits per heavy atom. The van der Waals surface area contributed by atoms with Crippen molar-refractivity contribution in [3.8, 4) is 11.5 Å². The van der Waals surface area contributed by atoms with E-state index in [1.807, 2.05) is 0 Å². The first-order valence-electron chi connectivity index (χ1n) is 10.2. The Bertz CT molecular complexity index is 1220. The molecule has 0 amide bonds. The molecule has 0 unspecified atom stereocenters. The lowest BCUT2D eigenvalue weighted by Crippen LogP contribution is -2.51. The number of fused-ring (bicyclic) bond motifs is 9. The molecule has 0 spiro atoms. The van der Waals surface area contributed by atoms with Crippen LogP contribution in [-0.4, -0.2) is 10.2 Å². The number of rotatable bonds is 0. The number of phenolic OH excluding ortho intramolecular Hbond substituents is 2. The van der Waals surface area contributed by atoms with E-state index >= 15 is 0 Å². The molecule has 0 saturated heterocycles. The average Bonchev–Trinajstić information content (AvgIpc) is 3.11. The van der Waals surface area contributed by atoms with Gasteiger partial charge in [0.15, 0.2) is 11.5 Å². The van der Waals surface area contributed by atoms with Crippen LogP contribution in [-0.2, 0) is 16.2 Å². The van der Waals surface area contributed by atoms with Crippen LogP contribution < -0.4 is 0 Å². The van der Waals surface area contributed by atoms with Crippen LogP contribution in [0.4, 0.5) is 0 Å². The van der Waals surface area contributed by atoms with Crippen LogP contribution in [0.1, 0.15) is 61.1 Å². The first kappa shape index (κ1) is 18.9. The highest BCUT2D eigenvalue weighted by Gasteiger charge is 2.80. The lowest BCUT2D eigenvalue weighted by molar-refractivity contribution is 0.0986. The Morgan fingerprint density at radius 1 is 0.567 bits per heavy atom. The Morgan fingerprint density at radius 2 is 0.967 bits per heavy atom. The van der Waals surface area contributed by atoms with Crippen molar-refractivity contribution >= 4 is 31.9 Å². The van der Waals surface area contributed by atoms with Crippen molar-refractivity contribution in [2.24, 2.45) is 5.41 Å². The molecule has 2 N–H and O–H groups in total. The Balaban J connectivity index is 1.96. The summed E-state index contributed by atoms with van der Waals surface area (Å²) in [6.07, 6.45) is 0. The van der Waals surface area contributed by atoms with Crippen LogP contribution >= 0.6 is 31.9 Å². The summed E-state index contributed by atoms with van der Waals surface area (Å²) in [6.45, 7) is 9.32. The number of hydrogen-bond acceptors (Lipinski definition) is 2. The molecule has 4 heteroatoms. The molecule has 3 aromatic rings. The molecule has 4 atom stereocenters. The first-order valence-corrected chi connectivity index (χ1v) is 11.8. The number of halogens is 2. The lowest BCUT2D eigenvalue weighted by atomic mass is 9.52. The average molecular weight is 526 g/mol. The Kier molecular flexibility index (Phi) is 3.26. The van der Waals surface area contributed by atoms with Crippen LogP contribution in [0.15, 0.2) is 57.5 Å². The van der Waals surface area contributed by atoms with Crippen LogP contribution in [0.3, 0.4) is 0 Å². The predicted octanol–water partition coefficient (Wildman–Crippen LogP) is 6.89. The van der Waals surface area contributed by atoms with Crippen molar-refractivity contribution < 1.29 is 10.2 Å². The number of benzene rings is 3. The summed E-state index contributed by atoms with van der Waals surface area (Å²) in [4.78, 5) is 0. The van der Waals surface area contributed by atoms with Crippen LogP contribution in [0.2, 0.25) is 0 Å². The van der Waals surface area contributed by atoms with Gasteiger partial charge in [-0.05, 0) is 59.7 Å². The van der Waals surface area contributed by atoms with Crippen LogP contribution in [0, 0.1) is 5.41 Å². The SMILES string of the molecule is C[C@@]12c3ccccc3[C@@]3(C)c4c(Br)c(Br)c(O)c(O)c4[C@@](C)(c4ccccc41)[C@@]23C. The molecule has 0 fully saturated rings. The van der Waals surface area contributed by atoms with Gasteiger partial charge in [0.2, 0.25) is 0 Å². The zero-order valence-corrected chi connectivity index (χ0v) is 20.4. The third-order valence-electron chi connectivity index (χ3n) is 9.34. The molecule has 0 aromatic heterocycles. The second kappa shape index (κ2) is 5.16. The first-order chi connectivity index (χ1) is 14.1. The van der Waals surface area contributed by atoms with E-state index in [0.717, 1.165) is 15.6 Å². The van der Waals surface area contributed by atoms with Gasteiger partial charge in [0.1, 0.15) is 0 Å². The molecular formula is C26H22Br2O2. The maximum Gasteiger partial charge on any atom is 0.173 e. The molecule has 6 rings (SSSR count). The second-order valence-electron chi connectivity index (χ2n) is 9.67. The molecule has 0 saturated carbocycles. The van der Waals surface area contributed by atoms with Crippen molar-refractivity contribution in [3.05, 3.63) is 90.9 Å². The minimum absolute atomic E-state index is 0.0176. The third kappa shape index (κ3) is 1.45. The molecule has 3 aliphatic carbocycles. The van der Waals surface area contributed by atoms with Crippen molar-refractivity contribution in [1.82, 2.24) is 0 Å². The highest BCUT2D eigenvalue weighted by Crippen LogP contribution is 2.84. The monoisotopic (exact) mass is 524 g/mol. The second-order valence-corrected chi connectivity index (χ2v) is 11.3. The van der Waals surface area contributed by atoms with Crippen molar-refractivity contribution in [2.45, 2.75) is 43.9 Å². The maximum atomic E-state index is 11.3. The number of phenols is 2. The molecule has 0 bridgehead atoms. The lowest BCUT2D eigenvalue weighted by Gasteiger charge is -2.49. The summed E-state index contributed by atoms with van der Waals surface area (Å²) in [5.74, 6) is -0.121. The molecule has 0 radical (unpaired) electrons. The minimum atomic E-state index is -0.480. The summed E-state index contributed by atoms with van der Waals surface area (Å²) in [5.41, 5.74) is 5.74. The molecule has 152 valence electrons. The van der Waals surface area contributed by atoms with Gasteiger partial charge in [-0.25, -0.2) is 0 Å². The van der Waals surface area contributed by atoms with E-state index in [4.69, 9.17) is 0 Å². The molecule has 30 heavy (non-hydrogen) atoms. The van der Waals surface area contributed by atoms with Gasteiger partial charge in [-0.15, -0.1) is 0 Å². The highest BCUT2D eigenvalue weighted by molar-refractivity contribution is 9.13. The Hall–Kier alpha value is -1.78. The summed E-state index contributed by atoms with van der Waals surface area (Å²) in [7, 11) is 0. The van der Waals surface area contributed by atoms with E-state index < -0.39 is 5.41 Å². The molecule has 0 heterocycles. The summed E-state index contributed by atoms with van der Waals surface area (Å²) >= 11 is 7.32. The van der Waals surface area contributed by atoms with Gasteiger partial charge in [0, 0.05) is 31.7 Å². The quantitative estimate of drug-likeness (QED) is 0.314. The zero-order valence-electron chi connectivity index (χ0n) is 17.3. The molecule has 3 aliphatic rings. The summed E-state index contributed by atoms with van der Waals surface area (Å²) in [6, 6.07) is 17.4. The topological polar surface area (TPSA) is 40.5 Å². The predicted molar refractivity (Wildman–Crippen MR) is 126 cm³/mol. The van der Waals surface area contributed by atoms with Crippen LogP contribution in [0.5, 0.6) is 11.5 Å². The molecular weight excluding hydrogens is 504 g/mol. The van der Waals surface area contributed by atoms with Crippen molar-refractivity contribution in [1.29, 1.82) is 0 Å². The van der Waals surface area contributed by atoms with Gasteiger partial charge in [0.05, 0.1) is 4.47 Å². The van der Waals surface area contributed by atoms with E-state index in [9.17, 15) is 10.2 Å². The number of aromatic hydroxyl groups is 2. The maximum absolute atomic E-state index is 11.3. The normalized spacial score (nSPS) is 34.5. The largest absolute Gasteiger partial charge is 0.504 e. The van der Waals surface area contributed by atoms with Gasteiger partial charge >= 0.3 is 0 Å². The fraction of sp³-hybridized carbons (Fsp3) is 0.308. The van der Waals surface area contributed by atoms with Crippen LogP contribution in [0.25, 0.3) is 0 Å². The fourth-order valence-corrected chi connectivity index (χ4v) is 8.99. The van der Waals surface area contributed by atoms with E-state index in [1.54, 1.807) is 0 Å². The van der Waals surface area contributed by atoms with Gasteiger partial charge in [-0.3, -0.25) is 0 Å². The van der Waals surface area contributed by atoms with Gasteiger partial charge in [-0.1, -0.05) is 76.2 Å².